The van der Waals surface area contributed by atoms with Gasteiger partial charge in [0.05, 0.1) is 17.5 Å². The van der Waals surface area contributed by atoms with Crippen LogP contribution >= 0.6 is 0 Å². The van der Waals surface area contributed by atoms with Crippen molar-refractivity contribution in [2.45, 2.75) is 12.8 Å². The van der Waals surface area contributed by atoms with Crippen molar-refractivity contribution in [3.8, 4) is 0 Å². The van der Waals surface area contributed by atoms with Gasteiger partial charge < -0.3 is 9.40 Å². The van der Waals surface area contributed by atoms with Gasteiger partial charge in [0, 0.05) is 25.9 Å². The molecule has 0 bridgehead atoms. The number of rotatable bonds is 4. The smallest absolute Gasteiger partial charge is 0.333 e. The molecule has 0 fully saturated rings. The Bertz CT molecular complexity index is 731. The first-order valence-corrected chi connectivity index (χ1v) is 6.72. The van der Waals surface area contributed by atoms with Crippen LogP contribution in [0.3, 0.4) is 0 Å². The highest BCUT2D eigenvalue weighted by Gasteiger charge is 2.38. The maximum atomic E-state index is 12.0. The number of benzene rings is 1. The summed E-state index contributed by atoms with van der Waals surface area (Å²) < 4.78 is 1.79. The third kappa shape index (κ3) is 2.37. The number of aromatic nitrogens is 2. The maximum Gasteiger partial charge on any atom is 0.333 e. The van der Waals surface area contributed by atoms with Crippen molar-refractivity contribution in [3.63, 3.8) is 0 Å². The number of hydrogen-bond acceptors (Lipinski definition) is 5. The van der Waals surface area contributed by atoms with Crippen LogP contribution in [0.15, 0.2) is 36.7 Å². The van der Waals surface area contributed by atoms with Crippen LogP contribution in [0.25, 0.3) is 0 Å². The van der Waals surface area contributed by atoms with Crippen LogP contribution in [0.2, 0.25) is 0 Å². The molecule has 1 aliphatic heterocycles. The van der Waals surface area contributed by atoms with Gasteiger partial charge in [-0.25, -0.2) is 9.78 Å². The molecular weight excluding hydrogens is 286 g/mol. The molecule has 0 spiro atoms. The van der Waals surface area contributed by atoms with Gasteiger partial charge in [0.1, 0.15) is 5.82 Å². The van der Waals surface area contributed by atoms with Gasteiger partial charge in [-0.1, -0.05) is 17.2 Å². The summed E-state index contributed by atoms with van der Waals surface area (Å²) in [5.74, 6) is -1.17. The van der Waals surface area contributed by atoms with Crippen LogP contribution < -0.4 is 0 Å². The molecule has 7 nitrogen and oxygen atoms in total. The topological polar surface area (TPSA) is 81.5 Å². The van der Waals surface area contributed by atoms with E-state index in [9.17, 15) is 14.4 Å². The van der Waals surface area contributed by atoms with Crippen LogP contribution in [0.4, 0.5) is 0 Å². The second-order valence-electron chi connectivity index (χ2n) is 4.87. The minimum atomic E-state index is -0.655. The Kier molecular flexibility index (Phi) is 3.46. The van der Waals surface area contributed by atoms with E-state index in [1.54, 1.807) is 29.1 Å². The van der Waals surface area contributed by atoms with E-state index in [2.05, 4.69) is 4.98 Å². The highest BCUT2D eigenvalue weighted by Crippen LogP contribution is 2.22. The van der Waals surface area contributed by atoms with Crippen LogP contribution in [-0.4, -0.2) is 32.4 Å². The molecule has 1 aliphatic rings. The van der Waals surface area contributed by atoms with Crippen LogP contribution in [0.5, 0.6) is 0 Å². The maximum absolute atomic E-state index is 12.0. The van der Waals surface area contributed by atoms with E-state index in [-0.39, 0.29) is 17.5 Å². The molecule has 7 heteroatoms. The summed E-state index contributed by atoms with van der Waals surface area (Å²) in [5, 5.41) is 0.519. The largest absolute Gasteiger partial charge is 0.338 e. The zero-order valence-electron chi connectivity index (χ0n) is 11.9. The van der Waals surface area contributed by atoms with Gasteiger partial charge in [0.15, 0.2) is 0 Å². The average molecular weight is 299 g/mol. The fourth-order valence-corrected chi connectivity index (χ4v) is 2.25. The van der Waals surface area contributed by atoms with Crippen molar-refractivity contribution in [1.82, 2.24) is 14.6 Å². The van der Waals surface area contributed by atoms with Crippen molar-refractivity contribution in [2.75, 3.05) is 0 Å². The van der Waals surface area contributed by atoms with E-state index in [1.165, 1.54) is 12.1 Å². The fraction of sp³-hybridized carbons (Fsp3) is 0.200. The number of aryl methyl sites for hydroxylation is 2. The fourth-order valence-electron chi connectivity index (χ4n) is 2.25. The number of fused-ring (bicyclic) bond motifs is 1. The van der Waals surface area contributed by atoms with E-state index in [0.29, 0.717) is 11.5 Å². The molecule has 1 aromatic carbocycles. The molecule has 0 aliphatic carbocycles. The number of imide groups is 1. The number of nitrogens with zero attached hydrogens (tertiary/aromatic N) is 3. The van der Waals surface area contributed by atoms with E-state index >= 15 is 0 Å². The number of hydroxylamine groups is 2. The van der Waals surface area contributed by atoms with E-state index in [4.69, 9.17) is 4.84 Å². The summed E-state index contributed by atoms with van der Waals surface area (Å²) in [7, 11) is 1.82. The summed E-state index contributed by atoms with van der Waals surface area (Å²) in [6.45, 7) is 0. The lowest BCUT2D eigenvalue weighted by Crippen LogP contribution is -2.32. The monoisotopic (exact) mass is 299 g/mol. The Labute approximate surface area is 126 Å². The van der Waals surface area contributed by atoms with E-state index in [1.807, 2.05) is 7.05 Å². The summed E-state index contributed by atoms with van der Waals surface area (Å²) in [6.07, 6.45) is 3.79. The Hall–Kier alpha value is -2.96. The van der Waals surface area contributed by atoms with Crippen molar-refractivity contribution < 1.29 is 19.2 Å². The number of amides is 2. The molecule has 0 unspecified atom stereocenters. The Morgan fingerprint density at radius 1 is 1.18 bits per heavy atom. The first-order chi connectivity index (χ1) is 10.6. The summed E-state index contributed by atoms with van der Waals surface area (Å²) in [4.78, 5) is 44.9. The minimum Gasteiger partial charge on any atom is -0.338 e. The van der Waals surface area contributed by atoms with Crippen molar-refractivity contribution in [3.05, 3.63) is 53.6 Å². The normalized spacial score (nSPS) is 13.4. The molecule has 0 N–H and O–H groups in total. The van der Waals surface area contributed by atoms with Gasteiger partial charge in [0.25, 0.3) is 11.8 Å². The third-order valence-corrected chi connectivity index (χ3v) is 3.42. The molecule has 0 atom stereocenters. The molecule has 2 amide bonds. The van der Waals surface area contributed by atoms with Crippen molar-refractivity contribution in [2.24, 2.45) is 7.05 Å². The molecular formula is C15H13N3O4. The molecule has 1 aromatic heterocycles. The lowest BCUT2D eigenvalue weighted by atomic mass is 10.1. The number of hydrogen-bond donors (Lipinski definition) is 0. The van der Waals surface area contributed by atoms with Crippen LogP contribution in [0, 0.1) is 0 Å². The standard InChI is InChI=1S/C15H13N3O4/c1-17-9-8-16-12(17)6-7-13(19)22-18-14(20)10-4-2-3-5-11(10)15(18)21/h2-5,8-9H,6-7H2,1H3. The Morgan fingerprint density at radius 2 is 1.82 bits per heavy atom. The zero-order chi connectivity index (χ0) is 15.7. The predicted octanol–water partition coefficient (Wildman–Crippen LogP) is 1.11. The molecule has 0 radical (unpaired) electrons. The quantitative estimate of drug-likeness (QED) is 0.790. The molecule has 112 valence electrons. The average Bonchev–Trinajstić information content (AvgIpc) is 3.03. The SMILES string of the molecule is Cn1ccnc1CCC(=O)ON1C(=O)c2ccccc2C1=O. The van der Waals surface area contributed by atoms with Gasteiger partial charge in [0.2, 0.25) is 0 Å². The number of carbonyl (C=O) groups is 3. The Morgan fingerprint density at radius 3 is 2.36 bits per heavy atom. The summed E-state index contributed by atoms with van der Waals surface area (Å²) in [5.41, 5.74) is 0.480. The first kappa shape index (κ1) is 14.0. The van der Waals surface area contributed by atoms with Crippen molar-refractivity contribution in [1.29, 1.82) is 0 Å². The lowest BCUT2D eigenvalue weighted by molar-refractivity contribution is -0.168. The highest BCUT2D eigenvalue weighted by molar-refractivity contribution is 6.20. The summed E-state index contributed by atoms with van der Waals surface area (Å²) in [6, 6.07) is 6.35. The second-order valence-corrected chi connectivity index (χ2v) is 4.87. The van der Waals surface area contributed by atoms with Gasteiger partial charge in [-0.2, -0.15) is 0 Å². The third-order valence-electron chi connectivity index (χ3n) is 3.42. The van der Waals surface area contributed by atoms with E-state index < -0.39 is 17.8 Å². The van der Waals surface area contributed by atoms with Gasteiger partial charge in [-0.05, 0) is 12.1 Å². The summed E-state index contributed by atoms with van der Waals surface area (Å²) >= 11 is 0. The predicted molar refractivity (Wildman–Crippen MR) is 74.6 cm³/mol. The number of imidazole rings is 1. The van der Waals surface area contributed by atoms with Crippen molar-refractivity contribution >= 4 is 17.8 Å². The van der Waals surface area contributed by atoms with Gasteiger partial charge in [-0.15, -0.1) is 0 Å². The van der Waals surface area contributed by atoms with Crippen LogP contribution in [0.1, 0.15) is 33.0 Å². The Balaban J connectivity index is 1.64. The minimum absolute atomic E-state index is 0.0261. The molecule has 2 aromatic rings. The van der Waals surface area contributed by atoms with Gasteiger partial charge >= 0.3 is 5.97 Å². The number of carbonyl (C=O) groups excluding carboxylic acids is 3. The second kappa shape index (κ2) is 5.44. The first-order valence-electron chi connectivity index (χ1n) is 6.72. The zero-order valence-corrected chi connectivity index (χ0v) is 11.9. The van der Waals surface area contributed by atoms with Gasteiger partial charge in [-0.3, -0.25) is 9.59 Å². The highest BCUT2D eigenvalue weighted by atomic mass is 16.7. The molecule has 0 saturated heterocycles. The van der Waals surface area contributed by atoms with E-state index in [0.717, 1.165) is 5.82 Å². The van der Waals surface area contributed by atoms with Crippen LogP contribution in [-0.2, 0) is 23.1 Å². The molecule has 2 heterocycles. The molecule has 3 rings (SSSR count). The molecule has 0 saturated carbocycles. The lowest BCUT2D eigenvalue weighted by Gasteiger charge is -2.12. The molecule has 22 heavy (non-hydrogen) atoms.